The molecule has 1 aromatic rings. The lowest BCUT2D eigenvalue weighted by Gasteiger charge is -2.10. The molecule has 0 spiro atoms. The fourth-order valence-electron chi connectivity index (χ4n) is 1.18. The molecule has 0 saturated heterocycles. The van der Waals surface area contributed by atoms with Crippen LogP contribution in [-0.4, -0.2) is 30.2 Å². The maximum absolute atomic E-state index is 12.4. The highest BCUT2D eigenvalue weighted by Crippen LogP contribution is 2.32. The second-order valence-corrected chi connectivity index (χ2v) is 3.26. The standard InChI is InChI=1S/C9H10F3N3O3/c1-18-3-2-13-6-4-8(9(10,11)12)14-5-7(6)15(16)17/h4-5H,2-3H2,1H3,(H,13,14). The molecule has 1 heterocycles. The van der Waals surface area contributed by atoms with Crippen molar-refractivity contribution in [1.29, 1.82) is 0 Å². The Balaban J connectivity index is 3.04. The van der Waals surface area contributed by atoms with Gasteiger partial charge < -0.3 is 10.1 Å². The molecule has 0 bridgehead atoms. The molecule has 0 radical (unpaired) electrons. The van der Waals surface area contributed by atoms with Gasteiger partial charge in [-0.3, -0.25) is 10.1 Å². The van der Waals surface area contributed by atoms with Crippen LogP contribution >= 0.6 is 0 Å². The molecule has 0 aliphatic heterocycles. The number of aromatic nitrogens is 1. The average molecular weight is 265 g/mol. The highest BCUT2D eigenvalue weighted by molar-refractivity contribution is 5.61. The number of halogens is 3. The van der Waals surface area contributed by atoms with Crippen LogP contribution in [0.5, 0.6) is 0 Å². The number of hydrogen-bond acceptors (Lipinski definition) is 5. The smallest absolute Gasteiger partial charge is 0.383 e. The molecule has 1 rings (SSSR count). The van der Waals surface area contributed by atoms with Crippen LogP contribution in [0, 0.1) is 10.1 Å². The normalized spacial score (nSPS) is 11.3. The van der Waals surface area contributed by atoms with Crippen LogP contribution in [-0.2, 0) is 10.9 Å². The molecule has 18 heavy (non-hydrogen) atoms. The predicted molar refractivity (Wildman–Crippen MR) is 56.3 cm³/mol. The summed E-state index contributed by atoms with van der Waals surface area (Å²) < 4.78 is 41.9. The third-order valence-corrected chi connectivity index (χ3v) is 1.99. The summed E-state index contributed by atoms with van der Waals surface area (Å²) in [7, 11) is 1.41. The molecule has 0 aliphatic rings. The van der Waals surface area contributed by atoms with Crippen molar-refractivity contribution in [3.8, 4) is 0 Å². The van der Waals surface area contributed by atoms with Crippen molar-refractivity contribution in [2.45, 2.75) is 6.18 Å². The van der Waals surface area contributed by atoms with Gasteiger partial charge in [-0.05, 0) is 6.07 Å². The molecule has 0 unspecified atom stereocenters. The molecular formula is C9H10F3N3O3. The summed E-state index contributed by atoms with van der Waals surface area (Å²) in [6, 6.07) is 0.605. The van der Waals surface area contributed by atoms with Crippen LogP contribution in [0.25, 0.3) is 0 Å². The van der Waals surface area contributed by atoms with Gasteiger partial charge in [-0.15, -0.1) is 0 Å². The zero-order chi connectivity index (χ0) is 13.8. The number of rotatable bonds is 5. The van der Waals surface area contributed by atoms with Crippen molar-refractivity contribution in [1.82, 2.24) is 4.98 Å². The fourth-order valence-corrected chi connectivity index (χ4v) is 1.18. The number of nitrogens with zero attached hydrogens (tertiary/aromatic N) is 2. The summed E-state index contributed by atoms with van der Waals surface area (Å²) in [5.74, 6) is 0. The number of pyridine rings is 1. The number of nitrogens with one attached hydrogen (secondary N) is 1. The van der Waals surface area contributed by atoms with Gasteiger partial charge in [-0.2, -0.15) is 13.2 Å². The van der Waals surface area contributed by atoms with Crippen molar-refractivity contribution in [2.75, 3.05) is 25.6 Å². The monoisotopic (exact) mass is 265 g/mol. The van der Waals surface area contributed by atoms with Gasteiger partial charge in [0.05, 0.1) is 11.5 Å². The zero-order valence-electron chi connectivity index (χ0n) is 9.32. The maximum atomic E-state index is 12.4. The lowest BCUT2D eigenvalue weighted by molar-refractivity contribution is -0.384. The first-order chi connectivity index (χ1) is 8.36. The van der Waals surface area contributed by atoms with E-state index >= 15 is 0 Å². The van der Waals surface area contributed by atoms with Gasteiger partial charge in [0.25, 0.3) is 0 Å². The van der Waals surface area contributed by atoms with Gasteiger partial charge in [0.15, 0.2) is 0 Å². The summed E-state index contributed by atoms with van der Waals surface area (Å²) in [6.45, 7) is 0.361. The molecule has 0 saturated carbocycles. The summed E-state index contributed by atoms with van der Waals surface area (Å²) in [5.41, 5.74) is -1.94. The number of hydrogen-bond donors (Lipinski definition) is 1. The quantitative estimate of drug-likeness (QED) is 0.501. The fraction of sp³-hybridized carbons (Fsp3) is 0.444. The van der Waals surface area contributed by atoms with Gasteiger partial charge >= 0.3 is 11.9 Å². The highest BCUT2D eigenvalue weighted by atomic mass is 19.4. The number of alkyl halides is 3. The lowest BCUT2D eigenvalue weighted by atomic mass is 10.2. The minimum Gasteiger partial charge on any atom is -0.383 e. The Hall–Kier alpha value is -1.90. The summed E-state index contributed by atoms with van der Waals surface area (Å²) in [5, 5.41) is 13.1. The van der Waals surface area contributed by atoms with Crippen LogP contribution in [0.15, 0.2) is 12.3 Å². The van der Waals surface area contributed by atoms with E-state index in [0.29, 0.717) is 12.3 Å². The Morgan fingerprint density at radius 2 is 2.22 bits per heavy atom. The van der Waals surface area contributed by atoms with E-state index in [1.54, 1.807) is 0 Å². The Morgan fingerprint density at radius 1 is 1.56 bits per heavy atom. The molecule has 0 aliphatic carbocycles. The van der Waals surface area contributed by atoms with Crippen LogP contribution < -0.4 is 5.32 Å². The Morgan fingerprint density at radius 3 is 2.72 bits per heavy atom. The molecule has 9 heteroatoms. The van der Waals surface area contributed by atoms with Gasteiger partial charge in [0.2, 0.25) is 0 Å². The highest BCUT2D eigenvalue weighted by Gasteiger charge is 2.34. The van der Waals surface area contributed by atoms with E-state index in [1.165, 1.54) is 7.11 Å². The lowest BCUT2D eigenvalue weighted by Crippen LogP contribution is -2.13. The molecule has 0 atom stereocenters. The summed E-state index contributed by atoms with van der Waals surface area (Å²) in [6.07, 6.45) is -4.06. The van der Waals surface area contributed by atoms with Crippen molar-refractivity contribution in [3.05, 3.63) is 28.1 Å². The van der Waals surface area contributed by atoms with Crippen molar-refractivity contribution >= 4 is 11.4 Å². The van der Waals surface area contributed by atoms with Crippen LogP contribution in [0.3, 0.4) is 0 Å². The summed E-state index contributed by atoms with van der Waals surface area (Å²) >= 11 is 0. The Kier molecular flexibility index (Phi) is 4.43. The number of ether oxygens (including phenoxy) is 1. The van der Waals surface area contributed by atoms with E-state index < -0.39 is 22.5 Å². The molecular weight excluding hydrogens is 255 g/mol. The minimum absolute atomic E-state index is 0.151. The number of nitro groups is 1. The van der Waals surface area contributed by atoms with Gasteiger partial charge in [0, 0.05) is 13.7 Å². The van der Waals surface area contributed by atoms with E-state index in [4.69, 9.17) is 4.74 Å². The molecule has 100 valence electrons. The topological polar surface area (TPSA) is 77.3 Å². The first kappa shape index (κ1) is 14.2. The molecule has 0 aromatic carbocycles. The van der Waals surface area contributed by atoms with Crippen molar-refractivity contribution in [2.24, 2.45) is 0 Å². The molecule has 0 amide bonds. The van der Waals surface area contributed by atoms with E-state index in [1.807, 2.05) is 0 Å². The average Bonchev–Trinajstić information content (AvgIpc) is 2.27. The third kappa shape index (κ3) is 3.55. The van der Waals surface area contributed by atoms with Gasteiger partial charge in [0.1, 0.15) is 17.6 Å². The van der Waals surface area contributed by atoms with Crippen LogP contribution in [0.1, 0.15) is 5.69 Å². The van der Waals surface area contributed by atoms with E-state index in [0.717, 1.165) is 0 Å². The van der Waals surface area contributed by atoms with Gasteiger partial charge in [-0.1, -0.05) is 0 Å². The van der Waals surface area contributed by atoms with Crippen molar-refractivity contribution in [3.63, 3.8) is 0 Å². The zero-order valence-corrected chi connectivity index (χ0v) is 9.32. The molecule has 0 fully saturated rings. The third-order valence-electron chi connectivity index (χ3n) is 1.99. The second-order valence-electron chi connectivity index (χ2n) is 3.26. The first-order valence-corrected chi connectivity index (χ1v) is 4.80. The number of anilines is 1. The maximum Gasteiger partial charge on any atom is 0.433 e. The second kappa shape index (κ2) is 5.63. The Bertz CT molecular complexity index is 437. The first-order valence-electron chi connectivity index (χ1n) is 4.80. The Labute approximate surface area is 99.9 Å². The van der Waals surface area contributed by atoms with E-state index in [-0.39, 0.29) is 18.8 Å². The number of methoxy groups -OCH3 is 1. The minimum atomic E-state index is -4.65. The summed E-state index contributed by atoms with van der Waals surface area (Å²) in [4.78, 5) is 12.8. The predicted octanol–water partition coefficient (Wildman–Crippen LogP) is 2.07. The van der Waals surface area contributed by atoms with E-state index in [9.17, 15) is 23.3 Å². The van der Waals surface area contributed by atoms with Crippen LogP contribution in [0.2, 0.25) is 0 Å². The molecule has 6 nitrogen and oxygen atoms in total. The molecule has 1 aromatic heterocycles. The largest absolute Gasteiger partial charge is 0.433 e. The van der Waals surface area contributed by atoms with E-state index in [2.05, 4.69) is 10.3 Å². The molecule has 1 N–H and O–H groups in total. The van der Waals surface area contributed by atoms with Gasteiger partial charge in [-0.25, -0.2) is 4.98 Å². The SMILES string of the molecule is COCCNc1cc(C(F)(F)F)ncc1[N+](=O)[O-]. The van der Waals surface area contributed by atoms with Crippen molar-refractivity contribution < 1.29 is 22.8 Å². The van der Waals surface area contributed by atoms with Crippen LogP contribution in [0.4, 0.5) is 24.5 Å².